The van der Waals surface area contributed by atoms with Crippen molar-refractivity contribution in [2.24, 2.45) is 0 Å². The quantitative estimate of drug-likeness (QED) is 0.755. The van der Waals surface area contributed by atoms with Crippen LogP contribution in [0.4, 0.5) is 4.39 Å². The lowest BCUT2D eigenvalue weighted by molar-refractivity contribution is 0.258. The van der Waals surface area contributed by atoms with E-state index in [0.717, 1.165) is 24.2 Å². The average Bonchev–Trinajstić information content (AvgIpc) is 2.26. The third-order valence-corrected chi connectivity index (χ3v) is 3.16. The fraction of sp³-hybridized carbons (Fsp3) is 0.500. The number of aliphatic hydroxyl groups excluding tert-OH is 1. The smallest absolute Gasteiger partial charge is 0.123 e. The molecule has 0 fully saturated rings. The number of halogens is 1. The van der Waals surface area contributed by atoms with Crippen LogP contribution in [0.25, 0.3) is 0 Å². The van der Waals surface area contributed by atoms with Gasteiger partial charge in [0.1, 0.15) is 5.82 Å². The Kier molecular flexibility index (Phi) is 5.73. The predicted octanol–water partition coefficient (Wildman–Crippen LogP) is 3.04. The van der Waals surface area contributed by atoms with Crippen molar-refractivity contribution in [2.75, 3.05) is 18.6 Å². The zero-order chi connectivity index (χ0) is 11.1. The zero-order valence-corrected chi connectivity index (χ0v) is 9.77. The van der Waals surface area contributed by atoms with Gasteiger partial charge in [0.05, 0.1) is 0 Å². The van der Waals surface area contributed by atoms with Crippen LogP contribution in [0.2, 0.25) is 0 Å². The van der Waals surface area contributed by atoms with E-state index in [1.54, 1.807) is 12.1 Å². The van der Waals surface area contributed by atoms with Gasteiger partial charge in [0.25, 0.3) is 0 Å². The van der Waals surface area contributed by atoms with E-state index in [-0.39, 0.29) is 18.3 Å². The monoisotopic (exact) mass is 228 g/mol. The summed E-state index contributed by atoms with van der Waals surface area (Å²) in [4.78, 5) is 0. The molecule has 0 aromatic heterocycles. The molecule has 84 valence electrons. The third-order valence-electron chi connectivity index (χ3n) is 2.46. The van der Waals surface area contributed by atoms with E-state index in [2.05, 4.69) is 6.26 Å². The zero-order valence-electron chi connectivity index (χ0n) is 8.95. The highest BCUT2D eigenvalue weighted by Gasteiger charge is 2.09. The van der Waals surface area contributed by atoms with E-state index in [0.29, 0.717) is 0 Å². The maximum atomic E-state index is 12.7. The first-order valence-electron chi connectivity index (χ1n) is 5.13. The molecule has 3 heteroatoms. The second-order valence-corrected chi connectivity index (χ2v) is 4.55. The highest BCUT2D eigenvalue weighted by molar-refractivity contribution is 7.98. The van der Waals surface area contributed by atoms with Gasteiger partial charge in [-0.15, -0.1) is 0 Å². The number of aliphatic hydroxyl groups is 1. The van der Waals surface area contributed by atoms with Gasteiger partial charge in [0.15, 0.2) is 0 Å². The highest BCUT2D eigenvalue weighted by atomic mass is 32.2. The lowest BCUT2D eigenvalue weighted by atomic mass is 9.95. The maximum Gasteiger partial charge on any atom is 0.123 e. The first-order valence-corrected chi connectivity index (χ1v) is 6.52. The minimum Gasteiger partial charge on any atom is -0.396 e. The molecule has 0 aliphatic carbocycles. The summed E-state index contributed by atoms with van der Waals surface area (Å²) in [6.07, 6.45) is 4.12. The molecule has 0 amide bonds. The third kappa shape index (κ3) is 4.22. The van der Waals surface area contributed by atoms with Gasteiger partial charge in [-0.25, -0.2) is 4.39 Å². The van der Waals surface area contributed by atoms with Crippen LogP contribution < -0.4 is 0 Å². The van der Waals surface area contributed by atoms with Gasteiger partial charge >= 0.3 is 0 Å². The van der Waals surface area contributed by atoms with Crippen LogP contribution in [0.3, 0.4) is 0 Å². The normalized spacial score (nSPS) is 12.7. The van der Waals surface area contributed by atoms with Crippen molar-refractivity contribution in [3.63, 3.8) is 0 Å². The lowest BCUT2D eigenvalue weighted by Gasteiger charge is -2.13. The number of hydrogen-bond donors (Lipinski definition) is 1. The van der Waals surface area contributed by atoms with Crippen LogP contribution in [0.15, 0.2) is 24.3 Å². The van der Waals surface area contributed by atoms with Gasteiger partial charge in [-0.05, 0) is 42.5 Å². The van der Waals surface area contributed by atoms with Crippen LogP contribution in [0, 0.1) is 5.82 Å². The lowest BCUT2D eigenvalue weighted by Crippen LogP contribution is -2.04. The van der Waals surface area contributed by atoms with Crippen molar-refractivity contribution in [1.82, 2.24) is 0 Å². The van der Waals surface area contributed by atoms with E-state index >= 15 is 0 Å². The number of thioether (sulfide) groups is 1. The van der Waals surface area contributed by atoms with Crippen molar-refractivity contribution < 1.29 is 9.50 Å². The summed E-state index contributed by atoms with van der Waals surface area (Å²) in [6.45, 7) is 0.139. The number of hydrogen-bond acceptors (Lipinski definition) is 2. The molecule has 1 N–H and O–H groups in total. The van der Waals surface area contributed by atoms with Crippen LogP contribution in [0.5, 0.6) is 0 Å². The SMILES string of the molecule is CSCCCC(CO)c1ccc(F)cc1. The Morgan fingerprint density at radius 3 is 2.53 bits per heavy atom. The molecule has 0 spiro atoms. The first-order chi connectivity index (χ1) is 7.27. The van der Waals surface area contributed by atoms with Crippen molar-refractivity contribution in [2.45, 2.75) is 18.8 Å². The first kappa shape index (κ1) is 12.5. The fourth-order valence-electron chi connectivity index (χ4n) is 1.57. The van der Waals surface area contributed by atoms with E-state index in [4.69, 9.17) is 0 Å². The summed E-state index contributed by atoms with van der Waals surface area (Å²) in [6, 6.07) is 6.42. The Balaban J connectivity index is 2.53. The molecule has 0 heterocycles. The topological polar surface area (TPSA) is 20.2 Å². The molecule has 1 aromatic carbocycles. The molecular weight excluding hydrogens is 211 g/mol. The molecule has 0 bridgehead atoms. The molecule has 0 aliphatic rings. The summed E-state index contributed by atoms with van der Waals surface area (Å²) in [7, 11) is 0. The van der Waals surface area contributed by atoms with E-state index in [1.165, 1.54) is 12.1 Å². The molecule has 1 atom stereocenters. The van der Waals surface area contributed by atoms with Crippen LogP contribution in [0.1, 0.15) is 24.3 Å². The average molecular weight is 228 g/mol. The Bertz CT molecular complexity index is 273. The largest absolute Gasteiger partial charge is 0.396 e. The van der Waals surface area contributed by atoms with Gasteiger partial charge < -0.3 is 5.11 Å². The summed E-state index contributed by atoms with van der Waals surface area (Å²) in [5, 5.41) is 9.25. The highest BCUT2D eigenvalue weighted by Crippen LogP contribution is 2.21. The molecule has 1 aromatic rings. The molecular formula is C12H17FOS. The second kappa shape index (κ2) is 6.85. The van der Waals surface area contributed by atoms with Crippen molar-refractivity contribution in [3.8, 4) is 0 Å². The standard InChI is InChI=1S/C12H17FOS/c1-15-8-2-3-11(9-14)10-4-6-12(13)7-5-10/h4-7,11,14H,2-3,8-9H2,1H3. The van der Waals surface area contributed by atoms with Gasteiger partial charge in [-0.3, -0.25) is 0 Å². The Hall–Kier alpha value is -0.540. The molecule has 0 aliphatic heterocycles. The van der Waals surface area contributed by atoms with Gasteiger partial charge in [-0.1, -0.05) is 12.1 Å². The Labute approximate surface area is 94.7 Å². The molecule has 0 saturated carbocycles. The van der Waals surface area contributed by atoms with Gasteiger partial charge in [0.2, 0.25) is 0 Å². The Morgan fingerprint density at radius 1 is 1.33 bits per heavy atom. The molecule has 1 rings (SSSR count). The summed E-state index contributed by atoms with van der Waals surface area (Å²) >= 11 is 1.81. The van der Waals surface area contributed by atoms with Crippen LogP contribution >= 0.6 is 11.8 Å². The van der Waals surface area contributed by atoms with Crippen molar-refractivity contribution in [1.29, 1.82) is 0 Å². The summed E-state index contributed by atoms with van der Waals surface area (Å²) in [5.41, 5.74) is 1.03. The minimum atomic E-state index is -0.223. The summed E-state index contributed by atoms with van der Waals surface area (Å²) in [5.74, 6) is 1.04. The molecule has 15 heavy (non-hydrogen) atoms. The van der Waals surface area contributed by atoms with Crippen molar-refractivity contribution >= 4 is 11.8 Å². The van der Waals surface area contributed by atoms with E-state index in [9.17, 15) is 9.50 Å². The number of rotatable bonds is 6. The molecule has 0 saturated heterocycles. The molecule has 0 radical (unpaired) electrons. The van der Waals surface area contributed by atoms with Crippen LogP contribution in [-0.2, 0) is 0 Å². The Morgan fingerprint density at radius 2 is 2.00 bits per heavy atom. The predicted molar refractivity (Wildman–Crippen MR) is 63.8 cm³/mol. The molecule has 1 unspecified atom stereocenters. The fourth-order valence-corrected chi connectivity index (χ4v) is 2.03. The minimum absolute atomic E-state index is 0.139. The van der Waals surface area contributed by atoms with E-state index < -0.39 is 0 Å². The van der Waals surface area contributed by atoms with Gasteiger partial charge in [0, 0.05) is 12.5 Å². The maximum absolute atomic E-state index is 12.7. The van der Waals surface area contributed by atoms with Crippen molar-refractivity contribution in [3.05, 3.63) is 35.6 Å². The number of benzene rings is 1. The van der Waals surface area contributed by atoms with Gasteiger partial charge in [-0.2, -0.15) is 11.8 Å². The molecule has 1 nitrogen and oxygen atoms in total. The van der Waals surface area contributed by atoms with Crippen LogP contribution in [-0.4, -0.2) is 23.7 Å². The van der Waals surface area contributed by atoms with E-state index in [1.807, 2.05) is 11.8 Å². The second-order valence-electron chi connectivity index (χ2n) is 3.57. The summed E-state index contributed by atoms with van der Waals surface area (Å²) < 4.78 is 12.7.